The number of carbonyl (C=O) groups excluding carboxylic acids is 2. The van der Waals surface area contributed by atoms with Crippen molar-refractivity contribution in [1.29, 1.82) is 0 Å². The van der Waals surface area contributed by atoms with Crippen molar-refractivity contribution in [2.45, 2.75) is 26.8 Å². The number of hydrogen-bond acceptors (Lipinski definition) is 4. The molecule has 1 aromatic heterocycles. The van der Waals surface area contributed by atoms with E-state index in [4.69, 9.17) is 5.11 Å². The number of hydrogen-bond donors (Lipinski definition) is 1. The third-order valence-electron chi connectivity index (χ3n) is 3.24. The van der Waals surface area contributed by atoms with Crippen LogP contribution in [0.4, 0.5) is 0 Å². The summed E-state index contributed by atoms with van der Waals surface area (Å²) in [6, 6.07) is 8.75. The summed E-state index contributed by atoms with van der Waals surface area (Å²) in [5.74, 6) is -3.19. The molecular weight excluding hydrogens is 284 g/mol. The number of aliphatic carboxylic acids is 1. The second kappa shape index (κ2) is 6.34. The summed E-state index contributed by atoms with van der Waals surface area (Å²) < 4.78 is 1.82. The summed E-state index contributed by atoms with van der Waals surface area (Å²) in [6.07, 6.45) is -0.626. The molecule has 0 radical (unpaired) electrons. The molecule has 6 heteroatoms. The molecule has 114 valence electrons. The van der Waals surface area contributed by atoms with Crippen LogP contribution in [-0.4, -0.2) is 32.4 Å². The second-order valence-corrected chi connectivity index (χ2v) is 5.11. The van der Waals surface area contributed by atoms with E-state index in [0.717, 1.165) is 17.0 Å². The van der Waals surface area contributed by atoms with Crippen LogP contribution in [0.5, 0.6) is 0 Å². The summed E-state index contributed by atoms with van der Waals surface area (Å²) in [5.41, 5.74) is 3.11. The summed E-state index contributed by atoms with van der Waals surface area (Å²) in [7, 11) is 0. The van der Waals surface area contributed by atoms with Gasteiger partial charge in [-0.3, -0.25) is 14.3 Å². The van der Waals surface area contributed by atoms with Crippen molar-refractivity contribution in [3.63, 3.8) is 0 Å². The van der Waals surface area contributed by atoms with Crippen molar-refractivity contribution in [3.8, 4) is 0 Å². The van der Waals surface area contributed by atoms with Crippen LogP contribution >= 0.6 is 0 Å². The molecule has 0 saturated carbocycles. The molecule has 6 nitrogen and oxygen atoms in total. The average molecular weight is 300 g/mol. The Morgan fingerprint density at radius 1 is 1.18 bits per heavy atom. The minimum Gasteiger partial charge on any atom is -0.475 e. The number of ketones is 2. The zero-order valence-electron chi connectivity index (χ0n) is 12.4. The van der Waals surface area contributed by atoms with Gasteiger partial charge in [-0.05, 0) is 31.5 Å². The first-order valence-corrected chi connectivity index (χ1v) is 6.76. The molecule has 0 fully saturated rings. The SMILES string of the molecule is Cc1cc(C)n(Cc2cccc(C(=O)CC(=O)C(=O)O)c2)n1. The highest BCUT2D eigenvalue weighted by molar-refractivity contribution is 6.37. The van der Waals surface area contributed by atoms with Crippen molar-refractivity contribution in [3.05, 3.63) is 52.8 Å². The molecule has 0 saturated heterocycles. The van der Waals surface area contributed by atoms with Gasteiger partial charge in [0.25, 0.3) is 0 Å². The van der Waals surface area contributed by atoms with Gasteiger partial charge in [0.2, 0.25) is 5.78 Å². The lowest BCUT2D eigenvalue weighted by Gasteiger charge is -2.06. The van der Waals surface area contributed by atoms with E-state index in [1.54, 1.807) is 18.2 Å². The van der Waals surface area contributed by atoms with Gasteiger partial charge in [0.05, 0.1) is 18.7 Å². The molecule has 0 unspecified atom stereocenters. The van der Waals surface area contributed by atoms with Crippen LogP contribution in [0.3, 0.4) is 0 Å². The maximum atomic E-state index is 11.9. The number of benzene rings is 1. The third-order valence-corrected chi connectivity index (χ3v) is 3.24. The van der Waals surface area contributed by atoms with E-state index >= 15 is 0 Å². The first-order valence-electron chi connectivity index (χ1n) is 6.76. The van der Waals surface area contributed by atoms with Crippen molar-refractivity contribution < 1.29 is 19.5 Å². The van der Waals surface area contributed by atoms with Gasteiger partial charge in [0, 0.05) is 11.3 Å². The Morgan fingerprint density at radius 3 is 2.50 bits per heavy atom. The number of nitrogens with zero attached hydrogens (tertiary/aromatic N) is 2. The van der Waals surface area contributed by atoms with E-state index in [0.29, 0.717) is 12.1 Å². The summed E-state index contributed by atoms with van der Waals surface area (Å²) in [6.45, 7) is 4.36. The van der Waals surface area contributed by atoms with Crippen molar-refractivity contribution in [1.82, 2.24) is 9.78 Å². The molecule has 0 aliphatic heterocycles. The summed E-state index contributed by atoms with van der Waals surface area (Å²) in [5, 5.41) is 12.9. The van der Waals surface area contributed by atoms with Crippen molar-refractivity contribution in [2.24, 2.45) is 0 Å². The lowest BCUT2D eigenvalue weighted by Crippen LogP contribution is -2.17. The molecule has 0 atom stereocenters. The number of aryl methyl sites for hydroxylation is 2. The van der Waals surface area contributed by atoms with Crippen LogP contribution < -0.4 is 0 Å². The van der Waals surface area contributed by atoms with Crippen LogP contribution in [-0.2, 0) is 16.1 Å². The number of carbonyl (C=O) groups is 3. The topological polar surface area (TPSA) is 89.3 Å². The number of Topliss-reactive ketones (excluding diaryl/α,β-unsaturated/α-hetero) is 2. The molecule has 0 bridgehead atoms. The highest BCUT2D eigenvalue weighted by Gasteiger charge is 2.18. The Bertz CT molecular complexity index is 746. The number of carboxylic acid groups (broad SMARTS) is 1. The molecular formula is C16H16N2O4. The fraction of sp³-hybridized carbons (Fsp3) is 0.250. The largest absolute Gasteiger partial charge is 0.475 e. The van der Waals surface area contributed by atoms with E-state index < -0.39 is 24.0 Å². The zero-order valence-corrected chi connectivity index (χ0v) is 12.4. The normalized spacial score (nSPS) is 10.5. The van der Waals surface area contributed by atoms with Gasteiger partial charge in [0.1, 0.15) is 0 Å². The van der Waals surface area contributed by atoms with Crippen LogP contribution in [0, 0.1) is 13.8 Å². The number of rotatable bonds is 6. The van der Waals surface area contributed by atoms with Gasteiger partial charge >= 0.3 is 5.97 Å². The van der Waals surface area contributed by atoms with Crippen LogP contribution in [0.2, 0.25) is 0 Å². The molecule has 2 rings (SSSR count). The Morgan fingerprint density at radius 2 is 1.91 bits per heavy atom. The number of aromatic nitrogens is 2. The molecule has 1 heterocycles. The maximum absolute atomic E-state index is 11.9. The quantitative estimate of drug-likeness (QED) is 0.499. The van der Waals surface area contributed by atoms with E-state index in [-0.39, 0.29) is 0 Å². The fourth-order valence-electron chi connectivity index (χ4n) is 2.17. The fourth-order valence-corrected chi connectivity index (χ4v) is 2.17. The highest BCUT2D eigenvalue weighted by atomic mass is 16.4. The molecule has 1 aromatic carbocycles. The van der Waals surface area contributed by atoms with Crippen LogP contribution in [0.15, 0.2) is 30.3 Å². The van der Waals surface area contributed by atoms with E-state index in [1.807, 2.05) is 30.7 Å². The molecule has 22 heavy (non-hydrogen) atoms. The lowest BCUT2D eigenvalue weighted by atomic mass is 10.0. The molecule has 0 aliphatic carbocycles. The van der Waals surface area contributed by atoms with Gasteiger partial charge in [0.15, 0.2) is 5.78 Å². The monoisotopic (exact) mass is 300 g/mol. The highest BCUT2D eigenvalue weighted by Crippen LogP contribution is 2.11. The Hall–Kier alpha value is -2.76. The van der Waals surface area contributed by atoms with Gasteiger partial charge in [-0.2, -0.15) is 5.10 Å². The molecule has 0 aliphatic rings. The predicted octanol–water partition coefficient (Wildman–Crippen LogP) is 1.77. The lowest BCUT2D eigenvalue weighted by molar-refractivity contribution is -0.148. The van der Waals surface area contributed by atoms with Gasteiger partial charge in [-0.15, -0.1) is 0 Å². The zero-order chi connectivity index (χ0) is 16.3. The van der Waals surface area contributed by atoms with Gasteiger partial charge < -0.3 is 5.11 Å². The Balaban J connectivity index is 2.16. The van der Waals surface area contributed by atoms with Crippen molar-refractivity contribution >= 4 is 17.5 Å². The Labute approximate surface area is 127 Å². The summed E-state index contributed by atoms with van der Waals surface area (Å²) in [4.78, 5) is 33.5. The van der Waals surface area contributed by atoms with E-state index in [2.05, 4.69) is 5.10 Å². The van der Waals surface area contributed by atoms with Crippen molar-refractivity contribution in [2.75, 3.05) is 0 Å². The first-order chi connectivity index (χ1) is 10.4. The number of carboxylic acids is 1. The molecule has 0 spiro atoms. The average Bonchev–Trinajstić information content (AvgIpc) is 2.77. The molecule has 2 aromatic rings. The first kappa shape index (κ1) is 15.6. The maximum Gasteiger partial charge on any atom is 0.372 e. The van der Waals surface area contributed by atoms with Gasteiger partial charge in [-0.1, -0.05) is 18.2 Å². The standard InChI is InChI=1S/C16H16N2O4/c1-10-6-11(2)18(17-10)9-12-4-3-5-13(7-12)14(19)8-15(20)16(21)22/h3-7H,8-9H2,1-2H3,(H,21,22). The Kier molecular flexibility index (Phi) is 4.50. The van der Waals surface area contributed by atoms with Gasteiger partial charge in [-0.25, -0.2) is 4.79 Å². The van der Waals surface area contributed by atoms with Crippen LogP contribution in [0.1, 0.15) is 33.7 Å². The summed E-state index contributed by atoms with van der Waals surface area (Å²) >= 11 is 0. The third kappa shape index (κ3) is 3.66. The molecule has 0 amide bonds. The van der Waals surface area contributed by atoms with E-state index in [9.17, 15) is 14.4 Å². The van der Waals surface area contributed by atoms with Crippen LogP contribution in [0.25, 0.3) is 0 Å². The molecule has 1 N–H and O–H groups in total. The second-order valence-electron chi connectivity index (χ2n) is 5.11. The predicted molar refractivity (Wildman–Crippen MR) is 78.8 cm³/mol. The minimum absolute atomic E-state index is 0.327. The minimum atomic E-state index is -1.59. The smallest absolute Gasteiger partial charge is 0.372 e. The van der Waals surface area contributed by atoms with E-state index in [1.165, 1.54) is 0 Å².